The molecule has 0 aliphatic rings. The molecule has 1 amide bonds. The number of sulfonamides is 1. The zero-order valence-corrected chi connectivity index (χ0v) is 16.3. The van der Waals surface area contributed by atoms with Gasteiger partial charge in [-0.1, -0.05) is 6.07 Å². The zero-order chi connectivity index (χ0) is 20.2. The van der Waals surface area contributed by atoms with Crippen molar-refractivity contribution in [2.75, 3.05) is 12.4 Å². The van der Waals surface area contributed by atoms with Crippen LogP contribution in [0.2, 0.25) is 0 Å². The van der Waals surface area contributed by atoms with E-state index in [1.54, 1.807) is 16.9 Å². The lowest BCUT2D eigenvalue weighted by Crippen LogP contribution is -2.31. The van der Waals surface area contributed by atoms with Gasteiger partial charge >= 0.3 is 5.97 Å². The summed E-state index contributed by atoms with van der Waals surface area (Å²) < 4.78 is 32.6. The van der Waals surface area contributed by atoms with Crippen LogP contribution in [0.15, 0.2) is 41.4 Å². The van der Waals surface area contributed by atoms with E-state index in [0.717, 1.165) is 0 Å². The molecule has 0 bridgehead atoms. The topological polar surface area (TPSA) is 119 Å². The van der Waals surface area contributed by atoms with Crippen LogP contribution in [0.4, 0.5) is 5.82 Å². The van der Waals surface area contributed by atoms with E-state index >= 15 is 0 Å². The van der Waals surface area contributed by atoms with Crippen molar-refractivity contribution >= 4 is 27.7 Å². The van der Waals surface area contributed by atoms with E-state index < -0.39 is 28.0 Å². The maximum Gasteiger partial charge on any atom is 0.338 e. The van der Waals surface area contributed by atoms with Gasteiger partial charge in [0.15, 0.2) is 6.10 Å². The highest BCUT2D eigenvalue weighted by Gasteiger charge is 2.22. The number of carbonyl (C=O) groups is 2. The van der Waals surface area contributed by atoms with Crippen molar-refractivity contribution in [3.63, 3.8) is 0 Å². The largest absolute Gasteiger partial charge is 0.449 e. The highest BCUT2D eigenvalue weighted by atomic mass is 32.2. The third-order valence-electron chi connectivity index (χ3n) is 3.71. The molecule has 1 aromatic heterocycles. The van der Waals surface area contributed by atoms with E-state index in [1.807, 2.05) is 13.8 Å². The van der Waals surface area contributed by atoms with E-state index in [-0.39, 0.29) is 16.5 Å². The summed E-state index contributed by atoms with van der Waals surface area (Å²) >= 11 is 0. The van der Waals surface area contributed by atoms with Gasteiger partial charge in [-0.25, -0.2) is 22.6 Å². The molecule has 0 fully saturated rings. The first-order valence-corrected chi connectivity index (χ1v) is 9.73. The third kappa shape index (κ3) is 4.92. The number of hydrogen-bond donors (Lipinski definition) is 2. The van der Waals surface area contributed by atoms with Crippen LogP contribution in [-0.4, -0.2) is 43.2 Å². The Balaban J connectivity index is 2.08. The standard InChI is InChI=1S/C17H22N4O5S/c1-11(2)21-15(8-9-19-21)20-16(22)12(3)26-17(23)13-6-5-7-14(10-13)27(24,25)18-4/h5-12,18H,1-4H3,(H,20,22)/t12-/m1/s1. The Kier molecular flexibility index (Phi) is 6.34. The molecule has 1 atom stereocenters. The highest BCUT2D eigenvalue weighted by molar-refractivity contribution is 7.89. The van der Waals surface area contributed by atoms with Crippen molar-refractivity contribution in [1.29, 1.82) is 0 Å². The highest BCUT2D eigenvalue weighted by Crippen LogP contribution is 2.15. The normalized spacial score (nSPS) is 12.6. The van der Waals surface area contributed by atoms with Gasteiger partial charge < -0.3 is 10.1 Å². The molecule has 0 saturated carbocycles. The number of amides is 1. The number of carbonyl (C=O) groups excluding carboxylic acids is 2. The van der Waals surface area contributed by atoms with Crippen LogP contribution in [0.5, 0.6) is 0 Å². The molecule has 0 aliphatic carbocycles. The summed E-state index contributed by atoms with van der Waals surface area (Å²) in [5, 5.41) is 6.76. The van der Waals surface area contributed by atoms with E-state index in [2.05, 4.69) is 15.1 Å². The predicted octanol–water partition coefficient (Wildman–Crippen LogP) is 1.56. The Morgan fingerprint density at radius 2 is 1.89 bits per heavy atom. The monoisotopic (exact) mass is 394 g/mol. The Bertz CT molecular complexity index is 936. The molecule has 9 nitrogen and oxygen atoms in total. The summed E-state index contributed by atoms with van der Waals surface area (Å²) in [6.45, 7) is 5.26. The number of anilines is 1. The Labute approximate surface area is 157 Å². The summed E-state index contributed by atoms with van der Waals surface area (Å²) in [6, 6.07) is 7.06. The average molecular weight is 394 g/mol. The van der Waals surface area contributed by atoms with Gasteiger partial charge in [-0.2, -0.15) is 5.10 Å². The fourth-order valence-corrected chi connectivity index (χ4v) is 3.02. The van der Waals surface area contributed by atoms with Gasteiger partial charge in [0.25, 0.3) is 5.91 Å². The van der Waals surface area contributed by atoms with Crippen molar-refractivity contribution < 1.29 is 22.7 Å². The summed E-state index contributed by atoms with van der Waals surface area (Å²) in [5.41, 5.74) is 0.0261. The maximum atomic E-state index is 12.3. The molecule has 2 N–H and O–H groups in total. The first-order valence-electron chi connectivity index (χ1n) is 8.24. The molecular weight excluding hydrogens is 372 g/mol. The third-order valence-corrected chi connectivity index (χ3v) is 5.12. The number of nitrogens with zero attached hydrogens (tertiary/aromatic N) is 2. The average Bonchev–Trinajstić information content (AvgIpc) is 3.10. The van der Waals surface area contributed by atoms with Crippen LogP contribution in [0, 0.1) is 0 Å². The molecule has 146 valence electrons. The second-order valence-electron chi connectivity index (χ2n) is 6.03. The second-order valence-corrected chi connectivity index (χ2v) is 7.91. The van der Waals surface area contributed by atoms with Crippen molar-refractivity contribution in [3.8, 4) is 0 Å². The van der Waals surface area contributed by atoms with E-state index in [1.165, 1.54) is 38.2 Å². The maximum absolute atomic E-state index is 12.3. The fourth-order valence-electron chi connectivity index (χ4n) is 2.24. The fraction of sp³-hybridized carbons (Fsp3) is 0.353. The molecule has 1 heterocycles. The van der Waals surface area contributed by atoms with Crippen molar-refractivity contribution in [2.24, 2.45) is 0 Å². The number of hydrogen-bond acceptors (Lipinski definition) is 6. The summed E-state index contributed by atoms with van der Waals surface area (Å²) in [5.74, 6) is -0.840. The minimum absolute atomic E-state index is 0.0261. The van der Waals surface area contributed by atoms with Gasteiger partial charge in [0.2, 0.25) is 10.0 Å². The first-order chi connectivity index (χ1) is 12.7. The van der Waals surface area contributed by atoms with Crippen LogP contribution in [0.3, 0.4) is 0 Å². The zero-order valence-electron chi connectivity index (χ0n) is 15.5. The smallest absolute Gasteiger partial charge is 0.338 e. The first kappa shape index (κ1) is 20.6. The SMILES string of the molecule is CNS(=O)(=O)c1cccc(C(=O)O[C@H](C)C(=O)Nc2ccnn2C(C)C)c1. The summed E-state index contributed by atoms with van der Waals surface area (Å²) in [4.78, 5) is 24.5. The number of rotatable bonds is 7. The molecule has 1 aromatic carbocycles. The summed E-state index contributed by atoms with van der Waals surface area (Å²) in [7, 11) is -2.42. The molecule has 2 rings (SSSR count). The lowest BCUT2D eigenvalue weighted by atomic mass is 10.2. The van der Waals surface area contributed by atoms with Gasteiger partial charge in [-0.05, 0) is 46.0 Å². The van der Waals surface area contributed by atoms with Crippen LogP contribution < -0.4 is 10.0 Å². The molecule has 27 heavy (non-hydrogen) atoms. The molecule has 0 radical (unpaired) electrons. The van der Waals surface area contributed by atoms with Crippen LogP contribution >= 0.6 is 0 Å². The summed E-state index contributed by atoms with van der Waals surface area (Å²) in [6.07, 6.45) is 0.470. The number of benzene rings is 1. The Morgan fingerprint density at radius 1 is 1.19 bits per heavy atom. The van der Waals surface area contributed by atoms with Crippen molar-refractivity contribution in [2.45, 2.75) is 37.8 Å². The van der Waals surface area contributed by atoms with Crippen LogP contribution in [-0.2, 0) is 19.6 Å². The quantitative estimate of drug-likeness (QED) is 0.688. The van der Waals surface area contributed by atoms with Crippen molar-refractivity contribution in [1.82, 2.24) is 14.5 Å². The second kappa shape index (κ2) is 8.31. The van der Waals surface area contributed by atoms with Gasteiger partial charge in [0.1, 0.15) is 5.82 Å². The lowest BCUT2D eigenvalue weighted by molar-refractivity contribution is -0.123. The molecule has 0 spiro atoms. The van der Waals surface area contributed by atoms with Crippen LogP contribution in [0.25, 0.3) is 0 Å². The minimum Gasteiger partial charge on any atom is -0.449 e. The van der Waals surface area contributed by atoms with E-state index in [4.69, 9.17) is 4.74 Å². The van der Waals surface area contributed by atoms with E-state index in [9.17, 15) is 18.0 Å². The van der Waals surface area contributed by atoms with Gasteiger partial charge in [0.05, 0.1) is 16.7 Å². The lowest BCUT2D eigenvalue weighted by Gasteiger charge is -2.16. The molecule has 0 saturated heterocycles. The van der Waals surface area contributed by atoms with E-state index in [0.29, 0.717) is 5.82 Å². The molecule has 10 heteroatoms. The number of nitrogens with one attached hydrogen (secondary N) is 2. The molecule has 0 aliphatic heterocycles. The minimum atomic E-state index is -3.69. The Morgan fingerprint density at radius 3 is 2.52 bits per heavy atom. The predicted molar refractivity (Wildman–Crippen MR) is 98.8 cm³/mol. The van der Waals surface area contributed by atoms with Gasteiger partial charge in [-0.3, -0.25) is 4.79 Å². The molecule has 2 aromatic rings. The van der Waals surface area contributed by atoms with Gasteiger partial charge in [-0.15, -0.1) is 0 Å². The van der Waals surface area contributed by atoms with Gasteiger partial charge in [0, 0.05) is 12.1 Å². The molecule has 0 unspecified atom stereocenters. The van der Waals surface area contributed by atoms with Crippen LogP contribution in [0.1, 0.15) is 37.2 Å². The number of ether oxygens (including phenoxy) is 1. The molecular formula is C17H22N4O5S. The number of esters is 1. The Hall–Kier alpha value is -2.72. The van der Waals surface area contributed by atoms with Crippen molar-refractivity contribution in [3.05, 3.63) is 42.1 Å². The number of aromatic nitrogens is 2.